The second kappa shape index (κ2) is 59.0. The fraction of sp³-hybridized carbons (Fsp3) is 0.810. The zero-order valence-corrected chi connectivity index (χ0v) is 48.5. The van der Waals surface area contributed by atoms with Crippen molar-refractivity contribution >= 4 is 19.8 Å². The number of unbranched alkanes of at least 4 members (excludes halogenated alkanes) is 35. The zero-order valence-electron chi connectivity index (χ0n) is 47.6. The Morgan fingerprint density at radius 1 is 0.425 bits per heavy atom. The molecule has 0 rings (SSSR count). The van der Waals surface area contributed by atoms with Gasteiger partial charge in [0.2, 0.25) is 0 Å². The number of carbonyl (C=O) groups is 2. The van der Waals surface area contributed by atoms with Crippen LogP contribution >= 0.6 is 7.82 Å². The third-order valence-corrected chi connectivity index (χ3v) is 14.4. The van der Waals surface area contributed by atoms with Gasteiger partial charge in [-0.05, 0) is 57.8 Å². The van der Waals surface area contributed by atoms with Gasteiger partial charge < -0.3 is 20.1 Å². The molecule has 3 N–H and O–H groups in total. The lowest BCUT2D eigenvalue weighted by molar-refractivity contribution is -0.161. The molecule has 9 nitrogen and oxygen atoms in total. The van der Waals surface area contributed by atoms with Crippen LogP contribution in [-0.2, 0) is 32.7 Å². The van der Waals surface area contributed by atoms with Gasteiger partial charge in [-0.15, -0.1) is 0 Å². The summed E-state index contributed by atoms with van der Waals surface area (Å²) in [4.78, 5) is 35.2. The number of rotatable bonds is 58. The van der Waals surface area contributed by atoms with Crippen molar-refractivity contribution in [3.63, 3.8) is 0 Å². The molecule has 2 atom stereocenters. The van der Waals surface area contributed by atoms with E-state index in [4.69, 9.17) is 24.3 Å². The third-order valence-electron chi connectivity index (χ3n) is 13.4. The standard InChI is InChI=1S/C63H116NO8P/c1-3-5-7-9-11-13-15-17-19-21-23-24-25-26-27-28-29-30-31-32-33-34-35-36-38-39-41-43-45-47-49-51-53-55-62(65)69-59-61(60-71-73(67,68)70-58-57-64)72-63(66)56-54-52-50-48-46-44-42-40-37-22-20-18-16-14-12-10-8-6-4-2/h6,8,12,14,18,20,37,40,44,46,61H,3-5,7,9-11,13,15-17,19,21-36,38-39,41-43,45,47-60,64H2,1-2H3,(H,67,68)/b8-6-,14-12-,20-18-,40-37-,46-44-. The molecule has 73 heavy (non-hydrogen) atoms. The summed E-state index contributed by atoms with van der Waals surface area (Å²) in [5.41, 5.74) is 5.38. The Bertz CT molecular complexity index is 1380. The summed E-state index contributed by atoms with van der Waals surface area (Å²) in [6.07, 6.45) is 74.6. The number of hydrogen-bond donors (Lipinski definition) is 2. The van der Waals surface area contributed by atoms with Crippen LogP contribution in [0.1, 0.15) is 296 Å². The smallest absolute Gasteiger partial charge is 0.462 e. The van der Waals surface area contributed by atoms with Gasteiger partial charge in [0, 0.05) is 19.4 Å². The van der Waals surface area contributed by atoms with E-state index in [9.17, 15) is 19.0 Å². The highest BCUT2D eigenvalue weighted by molar-refractivity contribution is 7.47. The van der Waals surface area contributed by atoms with E-state index in [1.165, 1.54) is 193 Å². The van der Waals surface area contributed by atoms with Gasteiger partial charge in [-0.1, -0.05) is 286 Å². The van der Waals surface area contributed by atoms with Gasteiger partial charge in [-0.25, -0.2) is 4.57 Å². The number of phosphoric ester groups is 1. The van der Waals surface area contributed by atoms with Crippen LogP contribution in [0.3, 0.4) is 0 Å². The van der Waals surface area contributed by atoms with E-state index in [1.807, 2.05) is 0 Å². The Hall–Kier alpha value is -2.29. The SMILES string of the molecule is CC/C=C\C/C=C\C/C=C\C/C=C\C/C=C\CCCCCC(=O)OC(COC(=O)CCCCCCCCCCCCCCCCCCCCCCCCCCCCCCCCCCC)COP(=O)(O)OCCN. The summed E-state index contributed by atoms with van der Waals surface area (Å²) < 4.78 is 33.0. The molecule has 0 bridgehead atoms. The molecule has 0 radical (unpaired) electrons. The molecule has 0 aromatic heterocycles. The Balaban J connectivity index is 3.87. The van der Waals surface area contributed by atoms with Crippen molar-refractivity contribution in [2.75, 3.05) is 26.4 Å². The first-order valence-corrected chi connectivity index (χ1v) is 32.3. The van der Waals surface area contributed by atoms with Crippen LogP contribution in [0, 0.1) is 0 Å². The second-order valence-corrected chi connectivity index (χ2v) is 22.0. The van der Waals surface area contributed by atoms with E-state index in [1.54, 1.807) is 0 Å². The van der Waals surface area contributed by atoms with Crippen molar-refractivity contribution in [3.8, 4) is 0 Å². The van der Waals surface area contributed by atoms with E-state index in [0.29, 0.717) is 6.42 Å². The van der Waals surface area contributed by atoms with Crippen LogP contribution in [0.4, 0.5) is 0 Å². The molecule has 0 aromatic carbocycles. The highest BCUT2D eigenvalue weighted by Crippen LogP contribution is 2.43. The molecular formula is C63H116NO8P. The highest BCUT2D eigenvalue weighted by atomic mass is 31.2. The number of nitrogens with two attached hydrogens (primary N) is 1. The largest absolute Gasteiger partial charge is 0.472 e. The fourth-order valence-corrected chi connectivity index (χ4v) is 9.67. The predicted molar refractivity (Wildman–Crippen MR) is 312 cm³/mol. The van der Waals surface area contributed by atoms with Gasteiger partial charge in [-0.2, -0.15) is 0 Å². The molecule has 0 saturated carbocycles. The molecular weight excluding hydrogens is 930 g/mol. The van der Waals surface area contributed by atoms with Gasteiger partial charge in [0.1, 0.15) is 6.61 Å². The van der Waals surface area contributed by atoms with E-state index in [-0.39, 0.29) is 38.6 Å². The van der Waals surface area contributed by atoms with Gasteiger partial charge in [0.05, 0.1) is 13.2 Å². The number of allylic oxidation sites excluding steroid dienone is 10. The van der Waals surface area contributed by atoms with Crippen molar-refractivity contribution in [2.24, 2.45) is 5.73 Å². The molecule has 0 aromatic rings. The average molecular weight is 1050 g/mol. The van der Waals surface area contributed by atoms with Gasteiger partial charge >= 0.3 is 19.8 Å². The molecule has 426 valence electrons. The molecule has 0 aliphatic rings. The van der Waals surface area contributed by atoms with Crippen molar-refractivity contribution < 1.29 is 37.6 Å². The topological polar surface area (TPSA) is 134 Å². The molecule has 0 amide bonds. The van der Waals surface area contributed by atoms with Crippen LogP contribution in [0.25, 0.3) is 0 Å². The molecule has 0 saturated heterocycles. The van der Waals surface area contributed by atoms with E-state index in [0.717, 1.165) is 70.6 Å². The van der Waals surface area contributed by atoms with Gasteiger partial charge in [0.25, 0.3) is 0 Å². The number of hydrogen-bond acceptors (Lipinski definition) is 8. The summed E-state index contributed by atoms with van der Waals surface area (Å²) in [7, 11) is -4.40. The lowest BCUT2D eigenvalue weighted by atomic mass is 10.0. The van der Waals surface area contributed by atoms with Crippen LogP contribution < -0.4 is 5.73 Å². The highest BCUT2D eigenvalue weighted by Gasteiger charge is 2.26. The summed E-state index contributed by atoms with van der Waals surface area (Å²) >= 11 is 0. The Morgan fingerprint density at radius 3 is 1.12 bits per heavy atom. The zero-order chi connectivity index (χ0) is 53.1. The molecule has 10 heteroatoms. The van der Waals surface area contributed by atoms with E-state index < -0.39 is 26.5 Å². The van der Waals surface area contributed by atoms with Gasteiger partial charge in [-0.3, -0.25) is 18.6 Å². The molecule has 2 unspecified atom stereocenters. The predicted octanol–water partition coefficient (Wildman–Crippen LogP) is 19.5. The third kappa shape index (κ3) is 58.8. The molecule has 0 fully saturated rings. The lowest BCUT2D eigenvalue weighted by Gasteiger charge is -2.19. The van der Waals surface area contributed by atoms with Crippen molar-refractivity contribution in [2.45, 2.75) is 302 Å². The first-order valence-electron chi connectivity index (χ1n) is 30.8. The monoisotopic (exact) mass is 1050 g/mol. The van der Waals surface area contributed by atoms with E-state index in [2.05, 4.69) is 74.6 Å². The maximum atomic E-state index is 12.7. The van der Waals surface area contributed by atoms with Crippen molar-refractivity contribution in [1.82, 2.24) is 0 Å². The normalized spacial score (nSPS) is 13.4. The molecule has 0 aliphatic heterocycles. The minimum absolute atomic E-state index is 0.0464. The number of esters is 2. The summed E-state index contributed by atoms with van der Waals surface area (Å²) in [6.45, 7) is 3.63. The number of phosphoric acid groups is 1. The maximum Gasteiger partial charge on any atom is 0.472 e. The second-order valence-electron chi connectivity index (χ2n) is 20.6. The first kappa shape index (κ1) is 70.7. The van der Waals surface area contributed by atoms with Crippen molar-refractivity contribution in [1.29, 1.82) is 0 Å². The van der Waals surface area contributed by atoms with Crippen molar-refractivity contribution in [3.05, 3.63) is 60.8 Å². The van der Waals surface area contributed by atoms with Crippen LogP contribution in [-0.4, -0.2) is 49.3 Å². The first-order chi connectivity index (χ1) is 35.8. The quantitative estimate of drug-likeness (QED) is 0.0264. The van der Waals surface area contributed by atoms with Gasteiger partial charge in [0.15, 0.2) is 6.10 Å². The summed E-state index contributed by atoms with van der Waals surface area (Å²) in [6, 6.07) is 0. The molecule has 0 spiro atoms. The minimum Gasteiger partial charge on any atom is -0.462 e. The van der Waals surface area contributed by atoms with Crippen LogP contribution in [0.15, 0.2) is 60.8 Å². The molecule has 0 heterocycles. The van der Waals surface area contributed by atoms with E-state index >= 15 is 0 Å². The van der Waals surface area contributed by atoms with Crippen LogP contribution in [0.2, 0.25) is 0 Å². The Kier molecular flexibility index (Phi) is 57.1. The minimum atomic E-state index is -4.40. The maximum absolute atomic E-state index is 12.7. The Labute approximate surface area is 450 Å². The summed E-state index contributed by atoms with van der Waals surface area (Å²) in [5.74, 6) is -0.856. The number of carbonyl (C=O) groups excluding carboxylic acids is 2. The fourth-order valence-electron chi connectivity index (χ4n) is 8.90. The average Bonchev–Trinajstić information content (AvgIpc) is 3.38. The lowest BCUT2D eigenvalue weighted by Crippen LogP contribution is -2.29. The summed E-state index contributed by atoms with van der Waals surface area (Å²) in [5, 5.41) is 0. The molecule has 0 aliphatic carbocycles. The number of ether oxygens (including phenoxy) is 2. The van der Waals surface area contributed by atoms with Crippen LogP contribution in [0.5, 0.6) is 0 Å². The Morgan fingerprint density at radius 2 is 0.753 bits per heavy atom.